The largest absolute Gasteiger partial charge is 0.451 e. The predicted octanol–water partition coefficient (Wildman–Crippen LogP) is 4.00. The van der Waals surface area contributed by atoms with Gasteiger partial charge in [0.25, 0.3) is 5.91 Å². The standard InChI is InChI=1S/C20H23NO3S/c1-14(15-8-4-3-5-9-15)21(2)19(22)13-24-20(23)18-12-16-10-6-7-11-17(16)25-18/h3-5,8-9,12,14H,6-7,10-11,13H2,1-2H3. The van der Waals surface area contributed by atoms with Crippen LogP contribution in [0.5, 0.6) is 0 Å². The molecule has 2 aromatic rings. The summed E-state index contributed by atoms with van der Waals surface area (Å²) in [6.07, 6.45) is 4.44. The van der Waals surface area contributed by atoms with Crippen LogP contribution >= 0.6 is 11.3 Å². The lowest BCUT2D eigenvalue weighted by atomic mass is 9.99. The molecule has 3 rings (SSSR count). The number of hydrogen-bond acceptors (Lipinski definition) is 4. The fourth-order valence-corrected chi connectivity index (χ4v) is 4.21. The van der Waals surface area contributed by atoms with E-state index in [0.29, 0.717) is 4.88 Å². The number of rotatable bonds is 5. The number of hydrogen-bond donors (Lipinski definition) is 0. The SMILES string of the molecule is CC(c1ccccc1)N(C)C(=O)COC(=O)c1cc2c(s1)CCCC2. The Morgan fingerprint density at radius 3 is 2.64 bits per heavy atom. The molecule has 0 spiro atoms. The number of carbonyl (C=O) groups is 2. The van der Waals surface area contributed by atoms with Gasteiger partial charge in [0.15, 0.2) is 6.61 Å². The second kappa shape index (κ2) is 7.83. The molecule has 1 unspecified atom stereocenters. The smallest absolute Gasteiger partial charge is 0.348 e. The number of amides is 1. The van der Waals surface area contributed by atoms with Gasteiger partial charge in [0.2, 0.25) is 0 Å². The summed E-state index contributed by atoms with van der Waals surface area (Å²) in [7, 11) is 1.73. The molecule has 0 saturated heterocycles. The van der Waals surface area contributed by atoms with Gasteiger partial charge in [-0.05, 0) is 49.8 Å². The Morgan fingerprint density at radius 2 is 1.92 bits per heavy atom. The van der Waals surface area contributed by atoms with Crippen molar-refractivity contribution in [3.8, 4) is 0 Å². The highest BCUT2D eigenvalue weighted by Crippen LogP contribution is 2.30. The summed E-state index contributed by atoms with van der Waals surface area (Å²) in [5.74, 6) is -0.598. The van der Waals surface area contributed by atoms with Gasteiger partial charge in [0, 0.05) is 11.9 Å². The molecule has 1 aliphatic rings. The van der Waals surface area contributed by atoms with E-state index in [1.54, 1.807) is 11.9 Å². The van der Waals surface area contributed by atoms with Gasteiger partial charge < -0.3 is 9.64 Å². The molecule has 0 fully saturated rings. The minimum atomic E-state index is -0.395. The second-order valence-electron chi connectivity index (χ2n) is 6.43. The summed E-state index contributed by atoms with van der Waals surface area (Å²) in [5, 5.41) is 0. The molecule has 0 saturated carbocycles. The first kappa shape index (κ1) is 17.7. The minimum absolute atomic E-state index is 0.0681. The van der Waals surface area contributed by atoms with Gasteiger partial charge in [0.05, 0.1) is 6.04 Å². The van der Waals surface area contributed by atoms with Gasteiger partial charge in [-0.15, -0.1) is 11.3 Å². The topological polar surface area (TPSA) is 46.6 Å². The fraction of sp³-hybridized carbons (Fsp3) is 0.400. The van der Waals surface area contributed by atoms with Crippen molar-refractivity contribution in [2.24, 2.45) is 0 Å². The van der Waals surface area contributed by atoms with Gasteiger partial charge >= 0.3 is 5.97 Å². The van der Waals surface area contributed by atoms with Crippen LogP contribution in [-0.2, 0) is 22.4 Å². The average molecular weight is 357 g/mol. The van der Waals surface area contributed by atoms with Crippen molar-refractivity contribution < 1.29 is 14.3 Å². The number of benzene rings is 1. The molecule has 0 bridgehead atoms. The Morgan fingerprint density at radius 1 is 1.20 bits per heavy atom. The van der Waals surface area contributed by atoms with Crippen molar-refractivity contribution in [3.63, 3.8) is 0 Å². The molecule has 1 aliphatic carbocycles. The number of likely N-dealkylation sites (N-methyl/N-ethyl adjacent to an activating group) is 1. The maximum absolute atomic E-state index is 12.3. The molecular formula is C20H23NO3S. The molecule has 0 N–H and O–H groups in total. The Hall–Kier alpha value is -2.14. The molecule has 1 aromatic carbocycles. The van der Waals surface area contributed by atoms with E-state index >= 15 is 0 Å². The number of aryl methyl sites for hydroxylation is 2. The quantitative estimate of drug-likeness (QED) is 0.760. The van der Waals surface area contributed by atoms with Gasteiger partial charge in [-0.25, -0.2) is 4.79 Å². The molecule has 132 valence electrons. The van der Waals surface area contributed by atoms with Gasteiger partial charge in [-0.3, -0.25) is 4.79 Å². The van der Waals surface area contributed by atoms with Crippen LogP contribution in [0.1, 0.15) is 51.5 Å². The zero-order chi connectivity index (χ0) is 17.8. The number of esters is 1. The van der Waals surface area contributed by atoms with E-state index in [1.165, 1.54) is 34.6 Å². The summed E-state index contributed by atoms with van der Waals surface area (Å²) in [5.41, 5.74) is 2.32. The molecular weight excluding hydrogens is 334 g/mol. The van der Waals surface area contributed by atoms with Crippen LogP contribution in [0.4, 0.5) is 0 Å². The van der Waals surface area contributed by atoms with Crippen LogP contribution in [0, 0.1) is 0 Å². The summed E-state index contributed by atoms with van der Waals surface area (Å²) in [4.78, 5) is 28.1. The Balaban J connectivity index is 1.56. The van der Waals surface area contributed by atoms with E-state index in [-0.39, 0.29) is 18.6 Å². The Kier molecular flexibility index (Phi) is 5.53. The van der Waals surface area contributed by atoms with Crippen LogP contribution < -0.4 is 0 Å². The van der Waals surface area contributed by atoms with E-state index < -0.39 is 5.97 Å². The first-order valence-electron chi connectivity index (χ1n) is 8.65. The monoisotopic (exact) mass is 357 g/mol. The summed E-state index contributed by atoms with van der Waals surface area (Å²) < 4.78 is 5.26. The first-order valence-corrected chi connectivity index (χ1v) is 9.47. The summed E-state index contributed by atoms with van der Waals surface area (Å²) in [6.45, 7) is 1.73. The molecule has 1 heterocycles. The Bertz CT molecular complexity index is 730. The highest BCUT2D eigenvalue weighted by molar-refractivity contribution is 7.14. The molecule has 1 atom stereocenters. The van der Waals surface area contributed by atoms with Crippen LogP contribution in [-0.4, -0.2) is 30.4 Å². The lowest BCUT2D eigenvalue weighted by Gasteiger charge is -2.25. The third kappa shape index (κ3) is 4.10. The van der Waals surface area contributed by atoms with Crippen LogP contribution in [0.15, 0.2) is 36.4 Å². The first-order chi connectivity index (χ1) is 12.1. The fourth-order valence-electron chi connectivity index (χ4n) is 3.06. The van der Waals surface area contributed by atoms with E-state index in [2.05, 4.69) is 0 Å². The van der Waals surface area contributed by atoms with E-state index in [4.69, 9.17) is 4.74 Å². The highest BCUT2D eigenvalue weighted by atomic mass is 32.1. The molecule has 4 nitrogen and oxygen atoms in total. The molecule has 5 heteroatoms. The van der Waals surface area contributed by atoms with Crippen molar-refractivity contribution in [1.29, 1.82) is 0 Å². The van der Waals surface area contributed by atoms with Gasteiger partial charge in [-0.2, -0.15) is 0 Å². The third-order valence-corrected chi connectivity index (χ3v) is 6.00. The van der Waals surface area contributed by atoms with Crippen molar-refractivity contribution in [2.45, 2.75) is 38.6 Å². The van der Waals surface area contributed by atoms with Crippen molar-refractivity contribution in [3.05, 3.63) is 57.3 Å². The van der Waals surface area contributed by atoms with Crippen LogP contribution in [0.2, 0.25) is 0 Å². The van der Waals surface area contributed by atoms with Gasteiger partial charge in [-0.1, -0.05) is 30.3 Å². The van der Waals surface area contributed by atoms with E-state index in [0.717, 1.165) is 18.4 Å². The van der Waals surface area contributed by atoms with Crippen molar-refractivity contribution in [2.75, 3.05) is 13.7 Å². The molecule has 0 radical (unpaired) electrons. The Labute approximate surface area is 152 Å². The molecule has 25 heavy (non-hydrogen) atoms. The van der Waals surface area contributed by atoms with Crippen molar-refractivity contribution >= 4 is 23.2 Å². The average Bonchev–Trinajstić information content (AvgIpc) is 3.09. The maximum atomic E-state index is 12.3. The lowest BCUT2D eigenvalue weighted by Crippen LogP contribution is -2.33. The van der Waals surface area contributed by atoms with E-state index in [9.17, 15) is 9.59 Å². The normalized spacial score (nSPS) is 14.5. The van der Waals surface area contributed by atoms with E-state index in [1.807, 2.05) is 43.3 Å². The number of ether oxygens (including phenoxy) is 1. The minimum Gasteiger partial charge on any atom is -0.451 e. The lowest BCUT2D eigenvalue weighted by molar-refractivity contribution is -0.135. The number of thiophene rings is 1. The van der Waals surface area contributed by atoms with Crippen molar-refractivity contribution in [1.82, 2.24) is 4.90 Å². The number of fused-ring (bicyclic) bond motifs is 1. The summed E-state index contributed by atoms with van der Waals surface area (Å²) in [6, 6.07) is 11.7. The number of carbonyl (C=O) groups excluding carboxylic acids is 2. The zero-order valence-corrected chi connectivity index (χ0v) is 15.5. The molecule has 1 aromatic heterocycles. The van der Waals surface area contributed by atoms with Crippen LogP contribution in [0.3, 0.4) is 0 Å². The highest BCUT2D eigenvalue weighted by Gasteiger charge is 2.21. The summed E-state index contributed by atoms with van der Waals surface area (Å²) >= 11 is 1.51. The third-order valence-electron chi connectivity index (χ3n) is 4.78. The zero-order valence-electron chi connectivity index (χ0n) is 14.7. The second-order valence-corrected chi connectivity index (χ2v) is 7.57. The molecule has 1 amide bonds. The molecule has 0 aliphatic heterocycles. The number of nitrogens with zero attached hydrogens (tertiary/aromatic N) is 1. The maximum Gasteiger partial charge on any atom is 0.348 e. The van der Waals surface area contributed by atoms with Gasteiger partial charge in [0.1, 0.15) is 4.88 Å². The predicted molar refractivity (Wildman–Crippen MR) is 98.9 cm³/mol. The van der Waals surface area contributed by atoms with Crippen LogP contribution in [0.25, 0.3) is 0 Å².